The van der Waals surface area contributed by atoms with Gasteiger partial charge in [0.05, 0.1) is 16.6 Å². The van der Waals surface area contributed by atoms with Crippen molar-refractivity contribution in [3.63, 3.8) is 0 Å². The lowest BCUT2D eigenvalue weighted by molar-refractivity contribution is 0.591. The Morgan fingerprint density at radius 1 is 0.508 bits per heavy atom. The van der Waals surface area contributed by atoms with Crippen molar-refractivity contribution in [2.75, 3.05) is 0 Å². The number of hydrogen-bond donors (Lipinski definition) is 1. The summed E-state index contributed by atoms with van der Waals surface area (Å²) in [6.45, 7) is 6.80. The summed E-state index contributed by atoms with van der Waals surface area (Å²) in [4.78, 5) is 14.5. The maximum atomic E-state index is 6.97. The first kappa shape index (κ1) is 36.1. The number of hydrogen-bond acceptors (Lipinski definition) is 4. The molecule has 0 spiro atoms. The summed E-state index contributed by atoms with van der Waals surface area (Å²) in [5.74, 6) is 1.68. The van der Waals surface area contributed by atoms with E-state index < -0.39 is 0 Å². The van der Waals surface area contributed by atoms with Crippen LogP contribution in [0.3, 0.4) is 0 Å². The molecule has 0 saturated carbocycles. The van der Waals surface area contributed by atoms with Crippen LogP contribution in [-0.4, -0.2) is 24.1 Å². The van der Waals surface area contributed by atoms with Crippen molar-refractivity contribution < 1.29 is 8.83 Å². The Balaban J connectivity index is 1.13. The first-order valence-electron chi connectivity index (χ1n) is 22.1. The molecule has 0 saturated heterocycles. The van der Waals surface area contributed by atoms with Crippen LogP contribution in [0.4, 0.5) is 0 Å². The third-order valence-corrected chi connectivity index (χ3v) is 13.5. The zero-order valence-electron chi connectivity index (χ0n) is 35.8. The zero-order chi connectivity index (χ0) is 43.1. The predicted octanol–water partition coefficient (Wildman–Crippen LogP) is 15.6. The number of aromatic amines is 1. The zero-order valence-corrected chi connectivity index (χ0v) is 35.8. The summed E-state index contributed by atoms with van der Waals surface area (Å²) in [6.07, 6.45) is 1.87. The van der Waals surface area contributed by atoms with E-state index in [1.165, 1.54) is 21.7 Å². The number of aromatic nitrogens is 5. The fourth-order valence-corrected chi connectivity index (χ4v) is 10.4. The van der Waals surface area contributed by atoms with Gasteiger partial charge in [-0.25, -0.2) is 9.97 Å². The van der Waals surface area contributed by atoms with Crippen molar-refractivity contribution in [1.82, 2.24) is 24.1 Å². The molecule has 0 atom stereocenters. The van der Waals surface area contributed by atoms with Gasteiger partial charge in [-0.3, -0.25) is 9.13 Å². The minimum absolute atomic E-state index is 0.0257. The Morgan fingerprint density at radius 2 is 1.22 bits per heavy atom. The Labute approximate surface area is 371 Å². The average molecular weight is 838 g/mol. The molecule has 65 heavy (non-hydrogen) atoms. The molecule has 6 heterocycles. The van der Waals surface area contributed by atoms with Gasteiger partial charge in [0.25, 0.3) is 0 Å². The molecule has 308 valence electrons. The molecular weight excluding hydrogens is 799 g/mol. The van der Waals surface area contributed by atoms with E-state index in [0.29, 0.717) is 0 Å². The molecule has 0 aliphatic carbocycles. The molecule has 0 bridgehead atoms. The second kappa shape index (κ2) is 13.1. The van der Waals surface area contributed by atoms with E-state index in [2.05, 4.69) is 180 Å². The first-order valence-corrected chi connectivity index (χ1v) is 22.1. The van der Waals surface area contributed by atoms with Crippen LogP contribution < -0.4 is 0 Å². The number of nitrogens with one attached hydrogen (secondary N) is 1. The second-order valence-electron chi connectivity index (χ2n) is 18.3. The Hall–Kier alpha value is -8.42. The lowest BCUT2D eigenvalue weighted by atomic mass is 9.86. The maximum absolute atomic E-state index is 6.97. The van der Waals surface area contributed by atoms with Gasteiger partial charge in [0, 0.05) is 71.6 Å². The Morgan fingerprint density at radius 3 is 2.03 bits per heavy atom. The van der Waals surface area contributed by atoms with E-state index in [1.807, 2.05) is 30.5 Å². The molecule has 0 aliphatic heterocycles. The number of furan rings is 2. The monoisotopic (exact) mass is 837 g/mol. The minimum atomic E-state index is -0.0257. The van der Waals surface area contributed by atoms with Crippen molar-refractivity contribution in [3.05, 3.63) is 182 Å². The number of rotatable bonds is 4. The van der Waals surface area contributed by atoms with E-state index >= 15 is 0 Å². The lowest BCUT2D eigenvalue weighted by Crippen LogP contribution is -2.10. The van der Waals surface area contributed by atoms with Crippen molar-refractivity contribution in [2.45, 2.75) is 26.2 Å². The molecule has 6 aromatic heterocycles. The van der Waals surface area contributed by atoms with Gasteiger partial charge in [0.1, 0.15) is 39.4 Å². The number of benzene rings is 8. The normalized spacial score (nSPS) is 12.5. The topological polar surface area (TPSA) is 77.7 Å². The van der Waals surface area contributed by atoms with Crippen LogP contribution in [0.15, 0.2) is 185 Å². The van der Waals surface area contributed by atoms with E-state index in [-0.39, 0.29) is 5.41 Å². The molecule has 14 rings (SSSR count). The van der Waals surface area contributed by atoms with Gasteiger partial charge >= 0.3 is 0 Å². The lowest BCUT2D eigenvalue weighted by Gasteiger charge is -2.19. The Bertz CT molecular complexity index is 4280. The van der Waals surface area contributed by atoms with Crippen LogP contribution in [-0.2, 0) is 5.41 Å². The molecule has 0 fully saturated rings. The Kier molecular flexibility index (Phi) is 7.26. The fourth-order valence-electron chi connectivity index (χ4n) is 10.4. The highest BCUT2D eigenvalue weighted by atomic mass is 16.3. The molecule has 0 radical (unpaired) electrons. The number of para-hydroxylation sites is 4. The smallest absolute Gasteiger partial charge is 0.161 e. The highest BCUT2D eigenvalue weighted by Gasteiger charge is 2.27. The summed E-state index contributed by atoms with van der Waals surface area (Å²) >= 11 is 0. The van der Waals surface area contributed by atoms with E-state index in [0.717, 1.165) is 116 Å². The third-order valence-electron chi connectivity index (χ3n) is 13.5. The molecule has 1 N–H and O–H groups in total. The van der Waals surface area contributed by atoms with Crippen LogP contribution in [0.25, 0.3) is 133 Å². The van der Waals surface area contributed by atoms with Crippen molar-refractivity contribution in [3.8, 4) is 34.0 Å². The van der Waals surface area contributed by atoms with Gasteiger partial charge in [0.15, 0.2) is 5.58 Å². The molecule has 0 amide bonds. The number of pyridine rings is 1. The van der Waals surface area contributed by atoms with Crippen molar-refractivity contribution in [2.24, 2.45) is 0 Å². The number of nitrogens with zero attached hydrogens (tertiary/aromatic N) is 4. The summed E-state index contributed by atoms with van der Waals surface area (Å²) in [6, 6.07) is 60.2. The molecule has 7 heteroatoms. The molecule has 14 aromatic rings. The van der Waals surface area contributed by atoms with Crippen LogP contribution in [0, 0.1) is 0 Å². The first-order chi connectivity index (χ1) is 31.9. The third kappa shape index (κ3) is 5.18. The predicted molar refractivity (Wildman–Crippen MR) is 267 cm³/mol. The van der Waals surface area contributed by atoms with Crippen molar-refractivity contribution in [1.29, 1.82) is 0 Å². The van der Waals surface area contributed by atoms with Crippen LogP contribution in [0.1, 0.15) is 26.3 Å². The number of fused-ring (bicyclic) bond motifs is 14. The summed E-state index contributed by atoms with van der Waals surface area (Å²) < 4.78 is 18.0. The van der Waals surface area contributed by atoms with Gasteiger partial charge in [-0.2, -0.15) is 0 Å². The summed E-state index contributed by atoms with van der Waals surface area (Å²) in [5.41, 5.74) is 14.6. The van der Waals surface area contributed by atoms with Crippen LogP contribution in [0.5, 0.6) is 0 Å². The van der Waals surface area contributed by atoms with Gasteiger partial charge in [-0.1, -0.05) is 118 Å². The largest absolute Gasteiger partial charge is 0.456 e. The number of H-pyrrole nitrogens is 1. The highest BCUT2D eigenvalue weighted by molar-refractivity contribution is 6.20. The molecular formula is C58H39N5O2. The molecule has 0 aliphatic rings. The summed E-state index contributed by atoms with van der Waals surface area (Å²) in [5, 5.41) is 8.84. The molecule has 0 unspecified atom stereocenters. The van der Waals surface area contributed by atoms with Gasteiger partial charge in [-0.15, -0.1) is 0 Å². The molecule has 7 nitrogen and oxygen atoms in total. The van der Waals surface area contributed by atoms with Crippen LogP contribution >= 0.6 is 0 Å². The van der Waals surface area contributed by atoms with Gasteiger partial charge in [0.2, 0.25) is 0 Å². The van der Waals surface area contributed by atoms with Gasteiger partial charge in [-0.05, 0) is 89.3 Å². The quantitative estimate of drug-likeness (QED) is 0.191. The van der Waals surface area contributed by atoms with Gasteiger partial charge < -0.3 is 13.8 Å². The standard InChI is InChI=1S/C58H39N5O2/c1-58(2,3)34-23-26-38-37-25-22-33(29-47(37)63(48(38)30-34)52-21-10-11-28-59-52)43-32-45-40-15-6-9-20-50(40)65-56(45)55-54(43)61-57(42-17-12-16-41-36-13-4-7-18-46(36)60-53(41)42)62(55)35-24-27-51-44(31-35)39-14-5-8-19-49(39)64-51/h4-32,60H,1-3H3. The number of imidazole rings is 1. The highest BCUT2D eigenvalue weighted by Crippen LogP contribution is 2.46. The van der Waals surface area contributed by atoms with E-state index in [9.17, 15) is 0 Å². The van der Waals surface area contributed by atoms with Crippen LogP contribution in [0.2, 0.25) is 0 Å². The fraction of sp³-hybridized carbons (Fsp3) is 0.0690. The van der Waals surface area contributed by atoms with E-state index in [4.69, 9.17) is 18.8 Å². The molecule has 8 aromatic carbocycles. The summed E-state index contributed by atoms with van der Waals surface area (Å²) in [7, 11) is 0. The van der Waals surface area contributed by atoms with Crippen molar-refractivity contribution >= 4 is 98.5 Å². The van der Waals surface area contributed by atoms with E-state index in [1.54, 1.807) is 0 Å². The minimum Gasteiger partial charge on any atom is -0.456 e. The second-order valence-corrected chi connectivity index (χ2v) is 18.3. The SMILES string of the molecule is CC(C)(C)c1ccc2c3ccc(-c4cc5c6ccccc6oc5c5c4nc(-c4cccc6c4[nH]c4ccccc46)n5-c4ccc5oc6ccccc6c5c4)cc3n(-c3ccccn3)c2c1. The average Bonchev–Trinajstić information content (AvgIpc) is 4.16. The maximum Gasteiger partial charge on any atom is 0.161 e.